The van der Waals surface area contributed by atoms with Crippen LogP contribution in [0.2, 0.25) is 0 Å². The van der Waals surface area contributed by atoms with Gasteiger partial charge in [-0.25, -0.2) is 13.5 Å². The highest BCUT2D eigenvalue weighted by Crippen LogP contribution is 2.22. The van der Waals surface area contributed by atoms with Crippen molar-refractivity contribution in [3.8, 4) is 0 Å². The Labute approximate surface area is 64.7 Å². The minimum Gasteiger partial charge on any atom is -0.343 e. The molecule has 0 aromatic rings. The quantitative estimate of drug-likeness (QED) is 0.498. The molecular formula is C2H9N2O3PS2. The summed E-state index contributed by atoms with van der Waals surface area (Å²) in [5.41, 5.74) is 4.95. The van der Waals surface area contributed by atoms with E-state index in [9.17, 15) is 8.42 Å². The lowest BCUT2D eigenvalue weighted by atomic mass is 11.5. The molecule has 0 aliphatic heterocycles. The molecule has 0 bridgehead atoms. The lowest BCUT2D eigenvalue weighted by Crippen LogP contribution is -2.22. The maximum atomic E-state index is 10.4. The molecule has 0 heterocycles. The number of hydrogen-bond donors (Lipinski definition) is 3. The molecular weight excluding hydrogens is 195 g/mol. The fourth-order valence-electron chi connectivity index (χ4n) is 0.210. The van der Waals surface area contributed by atoms with Gasteiger partial charge in [-0.05, 0) is 11.8 Å². The Morgan fingerprint density at radius 1 is 1.80 bits per heavy atom. The Morgan fingerprint density at radius 2 is 2.20 bits per heavy atom. The van der Waals surface area contributed by atoms with Gasteiger partial charge in [0.05, 0.1) is 0 Å². The Balaban J connectivity index is 3.92. The lowest BCUT2D eigenvalue weighted by Gasteiger charge is -2.08. The second-order valence-corrected chi connectivity index (χ2v) is 7.22. The first-order valence-corrected chi connectivity index (χ1v) is 7.13. The minimum absolute atomic E-state index is 0.378. The molecule has 0 rings (SSSR count). The van der Waals surface area contributed by atoms with E-state index in [1.54, 1.807) is 0 Å². The zero-order chi connectivity index (χ0) is 8.41. The first-order chi connectivity index (χ1) is 4.21. The Kier molecular flexibility index (Phi) is 3.41. The molecule has 0 aliphatic rings. The molecule has 0 radical (unpaired) electrons. The summed E-state index contributed by atoms with van der Waals surface area (Å²) in [6.45, 7) is -3.06. The Bertz CT molecular complexity index is 241. The van der Waals surface area contributed by atoms with Gasteiger partial charge in [0.2, 0.25) is 0 Å². The topological polar surface area (TPSA) is 92.4 Å². The maximum Gasteiger partial charge on any atom is 0.193 e. The molecule has 5 nitrogen and oxygen atoms in total. The minimum atomic E-state index is -3.15. The van der Waals surface area contributed by atoms with Crippen molar-refractivity contribution in [3.63, 3.8) is 0 Å². The van der Waals surface area contributed by atoms with Crippen molar-refractivity contribution in [2.24, 2.45) is 5.50 Å². The first kappa shape index (κ1) is 10.5. The van der Waals surface area contributed by atoms with Gasteiger partial charge >= 0.3 is 0 Å². The van der Waals surface area contributed by atoms with Crippen LogP contribution in [0.15, 0.2) is 0 Å². The predicted molar refractivity (Wildman–Crippen MR) is 43.5 cm³/mol. The van der Waals surface area contributed by atoms with Gasteiger partial charge in [-0.2, -0.15) is 0 Å². The molecule has 1 unspecified atom stereocenters. The molecule has 62 valence electrons. The van der Waals surface area contributed by atoms with Gasteiger partial charge in [0.15, 0.2) is 16.4 Å². The molecule has 0 aliphatic carbocycles. The van der Waals surface area contributed by atoms with Gasteiger partial charge in [-0.3, -0.25) is 5.50 Å². The molecule has 0 aromatic heterocycles. The molecule has 1 atom stereocenters. The molecule has 10 heavy (non-hydrogen) atoms. The van der Waals surface area contributed by atoms with E-state index < -0.39 is 16.4 Å². The van der Waals surface area contributed by atoms with E-state index in [0.717, 1.165) is 6.26 Å². The van der Waals surface area contributed by atoms with Crippen LogP contribution >= 0.6 is 6.57 Å². The van der Waals surface area contributed by atoms with Crippen molar-refractivity contribution >= 4 is 28.2 Å². The van der Waals surface area contributed by atoms with Crippen LogP contribution in [-0.4, -0.2) is 25.4 Å². The SMILES string of the molecule is CS(=O)(=O)CNP(N)(O)=S. The van der Waals surface area contributed by atoms with Crippen molar-refractivity contribution < 1.29 is 13.3 Å². The van der Waals surface area contributed by atoms with E-state index in [2.05, 4.69) is 16.9 Å². The van der Waals surface area contributed by atoms with E-state index in [0.29, 0.717) is 0 Å². The van der Waals surface area contributed by atoms with Crippen LogP contribution in [0.4, 0.5) is 0 Å². The maximum absolute atomic E-state index is 10.4. The molecule has 8 heteroatoms. The molecule has 0 saturated heterocycles. The largest absolute Gasteiger partial charge is 0.343 e. The van der Waals surface area contributed by atoms with Crippen LogP contribution in [0.1, 0.15) is 0 Å². The number of nitrogens with two attached hydrogens (primary N) is 1. The molecule has 0 fully saturated rings. The van der Waals surface area contributed by atoms with Crippen molar-refractivity contribution in [3.05, 3.63) is 0 Å². The number of nitrogens with one attached hydrogen (secondary N) is 1. The molecule has 0 spiro atoms. The summed E-state index contributed by atoms with van der Waals surface area (Å²) in [7, 11) is -3.15. The number of hydrogen-bond acceptors (Lipinski definition) is 3. The first-order valence-electron chi connectivity index (χ1n) is 2.25. The van der Waals surface area contributed by atoms with Crippen LogP contribution < -0.4 is 10.6 Å². The summed E-state index contributed by atoms with van der Waals surface area (Å²) < 4.78 is 20.8. The average Bonchev–Trinajstić information content (AvgIpc) is 1.57. The summed E-state index contributed by atoms with van der Waals surface area (Å²) in [5, 5.41) is 2.13. The van der Waals surface area contributed by atoms with E-state index >= 15 is 0 Å². The van der Waals surface area contributed by atoms with Gasteiger partial charge in [0, 0.05) is 6.26 Å². The monoisotopic (exact) mass is 204 g/mol. The van der Waals surface area contributed by atoms with Crippen LogP contribution in [0.5, 0.6) is 0 Å². The highest BCUT2D eigenvalue weighted by Gasteiger charge is 2.07. The molecule has 0 aromatic carbocycles. The summed E-state index contributed by atoms with van der Waals surface area (Å²) in [5.74, 6) is -0.378. The van der Waals surface area contributed by atoms with E-state index in [1.165, 1.54) is 0 Å². The predicted octanol–water partition coefficient (Wildman–Crippen LogP) is -1.25. The summed E-state index contributed by atoms with van der Waals surface area (Å²) in [6.07, 6.45) is 1.02. The molecule has 0 saturated carbocycles. The third kappa shape index (κ3) is 8.48. The van der Waals surface area contributed by atoms with E-state index in [4.69, 9.17) is 10.4 Å². The van der Waals surface area contributed by atoms with Crippen LogP contribution in [0, 0.1) is 0 Å². The smallest absolute Gasteiger partial charge is 0.193 e. The standard InChI is InChI=1S/C2H9N2O3PS2/c1-10(6,7)2-4-8(3,5)9/h2H2,1H3,(H4,3,4,5,9). The van der Waals surface area contributed by atoms with Crippen LogP contribution in [0.3, 0.4) is 0 Å². The zero-order valence-corrected chi connectivity index (χ0v) is 7.84. The average molecular weight is 204 g/mol. The van der Waals surface area contributed by atoms with Crippen molar-refractivity contribution in [1.29, 1.82) is 0 Å². The normalized spacial score (nSPS) is 18.3. The van der Waals surface area contributed by atoms with Crippen molar-refractivity contribution in [2.75, 3.05) is 12.1 Å². The summed E-state index contributed by atoms with van der Waals surface area (Å²) >= 11 is 4.32. The van der Waals surface area contributed by atoms with Crippen molar-refractivity contribution in [1.82, 2.24) is 5.09 Å². The third-order valence-electron chi connectivity index (χ3n) is 0.553. The molecule has 0 amide bonds. The lowest BCUT2D eigenvalue weighted by molar-refractivity contribution is 0.589. The summed E-state index contributed by atoms with van der Waals surface area (Å²) in [4.78, 5) is 8.71. The second kappa shape index (κ2) is 3.25. The van der Waals surface area contributed by atoms with Crippen molar-refractivity contribution in [2.45, 2.75) is 0 Å². The fraction of sp³-hybridized carbons (Fsp3) is 1.00. The van der Waals surface area contributed by atoms with E-state index in [1.807, 2.05) is 0 Å². The van der Waals surface area contributed by atoms with Gasteiger partial charge in [0.1, 0.15) is 5.88 Å². The van der Waals surface area contributed by atoms with Gasteiger partial charge in [-0.15, -0.1) is 0 Å². The highest BCUT2D eigenvalue weighted by molar-refractivity contribution is 8.10. The Hall–Kier alpha value is 0.480. The Morgan fingerprint density at radius 3 is 2.30 bits per heavy atom. The highest BCUT2D eigenvalue weighted by atomic mass is 32.4. The third-order valence-corrected chi connectivity index (χ3v) is 2.43. The van der Waals surface area contributed by atoms with Gasteiger partial charge in [-0.1, -0.05) is 0 Å². The zero-order valence-electron chi connectivity index (χ0n) is 5.31. The van der Waals surface area contributed by atoms with Crippen LogP contribution in [-0.2, 0) is 21.6 Å². The number of sulfone groups is 1. The van der Waals surface area contributed by atoms with Gasteiger partial charge < -0.3 is 4.89 Å². The number of rotatable bonds is 3. The fourth-order valence-corrected chi connectivity index (χ4v) is 2.36. The van der Waals surface area contributed by atoms with E-state index in [-0.39, 0.29) is 5.88 Å². The van der Waals surface area contributed by atoms with Crippen LogP contribution in [0.25, 0.3) is 0 Å². The summed E-state index contributed by atoms with van der Waals surface area (Å²) in [6, 6.07) is 0. The molecule has 4 N–H and O–H groups in total. The van der Waals surface area contributed by atoms with Gasteiger partial charge in [0.25, 0.3) is 0 Å². The second-order valence-electron chi connectivity index (χ2n) is 1.85.